The molecule has 1 N–H and O–H groups in total. The topological polar surface area (TPSA) is 14.0 Å². The minimum Gasteiger partial charge on any atom is -0.228 e. The Hall–Kier alpha value is -1.28. The van der Waals surface area contributed by atoms with E-state index in [2.05, 4.69) is 59.6 Å². The van der Waals surface area contributed by atoms with Crippen molar-refractivity contribution in [1.82, 2.24) is 0 Å². The monoisotopic (exact) mass is 214 g/mol. The van der Waals surface area contributed by atoms with E-state index in [1.54, 1.807) is 0 Å². The maximum Gasteiger partial charge on any atom is 0.224 e. The number of hydrogen-bond donors (Lipinski definition) is 1. The molecule has 0 spiro atoms. The molecule has 0 aromatic heterocycles. The molecule has 1 aliphatic carbocycles. The summed E-state index contributed by atoms with van der Waals surface area (Å²) >= 11 is 1.96. The molecule has 1 aromatic rings. The van der Waals surface area contributed by atoms with Crippen LogP contribution in [0.4, 0.5) is 0 Å². The van der Waals surface area contributed by atoms with E-state index in [0.29, 0.717) is 10.6 Å². The first-order valence-electron chi connectivity index (χ1n) is 5.12. The molecule has 0 fully saturated rings. The third kappa shape index (κ3) is 1.65. The number of benzene rings is 1. The molecular formula is C13H12NS+. The number of hydrogen-bond acceptors (Lipinski definition) is 1. The summed E-state index contributed by atoms with van der Waals surface area (Å²) in [5.74, 6) is 0. The van der Waals surface area contributed by atoms with Crippen LogP contribution >= 0.6 is 11.8 Å². The largest absolute Gasteiger partial charge is 0.228 e. The molecule has 1 aliphatic heterocycles. The summed E-state index contributed by atoms with van der Waals surface area (Å²) in [6.45, 7) is 0. The normalized spacial score (nSPS) is 27.6. The average Bonchev–Trinajstić information content (AvgIpc) is 2.74. The fraction of sp³-hybridized carbons (Fsp3) is 0.154. The summed E-state index contributed by atoms with van der Waals surface area (Å²) in [4.78, 5) is 3.55. The summed E-state index contributed by atoms with van der Waals surface area (Å²) in [5, 5.41) is 0.916. The molecule has 2 atom stereocenters. The SMILES string of the molecule is C1=CC2=[NH+]C(c3ccccc3)SC2C=C1. The smallest absolute Gasteiger partial charge is 0.224 e. The highest BCUT2D eigenvalue weighted by Crippen LogP contribution is 2.31. The summed E-state index contributed by atoms with van der Waals surface area (Å²) in [7, 11) is 0. The lowest BCUT2D eigenvalue weighted by Crippen LogP contribution is -2.70. The van der Waals surface area contributed by atoms with Crippen LogP contribution in [0.1, 0.15) is 10.9 Å². The molecule has 0 radical (unpaired) electrons. The predicted molar refractivity (Wildman–Crippen MR) is 64.8 cm³/mol. The molecule has 2 aliphatic rings. The summed E-state index contributed by atoms with van der Waals surface area (Å²) < 4.78 is 0. The van der Waals surface area contributed by atoms with E-state index < -0.39 is 0 Å². The predicted octanol–water partition coefficient (Wildman–Crippen LogP) is 1.45. The minimum atomic E-state index is 0.401. The van der Waals surface area contributed by atoms with Gasteiger partial charge in [0.15, 0.2) is 5.71 Å². The van der Waals surface area contributed by atoms with Crippen molar-refractivity contribution in [1.29, 1.82) is 0 Å². The standard InChI is InChI=1S/C13H11NS/c1-2-6-10(7-3-1)13-14-11-8-4-5-9-12(11)15-13/h1-9,12-13H/p+1. The summed E-state index contributed by atoms with van der Waals surface area (Å²) in [6, 6.07) is 10.6. The Labute approximate surface area is 93.6 Å². The molecule has 0 saturated heterocycles. The Bertz CT molecular complexity index is 445. The molecule has 0 bridgehead atoms. The van der Waals surface area contributed by atoms with Crippen molar-refractivity contribution in [2.75, 3.05) is 0 Å². The highest BCUT2D eigenvalue weighted by Gasteiger charge is 2.33. The first-order valence-corrected chi connectivity index (χ1v) is 6.06. The van der Waals surface area contributed by atoms with Crippen LogP contribution in [0.5, 0.6) is 0 Å². The maximum absolute atomic E-state index is 3.55. The number of thioether (sulfide) groups is 1. The van der Waals surface area contributed by atoms with Crippen molar-refractivity contribution in [2.45, 2.75) is 10.6 Å². The van der Waals surface area contributed by atoms with Gasteiger partial charge in [-0.3, -0.25) is 0 Å². The molecule has 1 aromatic carbocycles. The molecule has 0 saturated carbocycles. The summed E-state index contributed by atoms with van der Waals surface area (Å²) in [5.41, 5.74) is 2.68. The van der Waals surface area contributed by atoms with Crippen molar-refractivity contribution in [3.05, 3.63) is 60.2 Å². The van der Waals surface area contributed by atoms with Crippen molar-refractivity contribution < 1.29 is 4.99 Å². The van der Waals surface area contributed by atoms with E-state index in [1.807, 2.05) is 11.8 Å². The molecular weight excluding hydrogens is 202 g/mol. The highest BCUT2D eigenvalue weighted by atomic mass is 32.2. The fourth-order valence-corrected chi connectivity index (χ4v) is 3.18. The lowest BCUT2D eigenvalue weighted by Gasteiger charge is -2.03. The Balaban J connectivity index is 1.91. The van der Waals surface area contributed by atoms with Crippen LogP contribution in [0.3, 0.4) is 0 Å². The zero-order chi connectivity index (χ0) is 10.1. The molecule has 2 unspecified atom stereocenters. The second-order valence-electron chi connectivity index (χ2n) is 3.69. The third-order valence-corrected chi connectivity index (χ3v) is 4.03. The Morgan fingerprint density at radius 3 is 2.73 bits per heavy atom. The zero-order valence-electron chi connectivity index (χ0n) is 8.26. The third-order valence-electron chi connectivity index (χ3n) is 2.66. The van der Waals surface area contributed by atoms with Crippen LogP contribution in [0.25, 0.3) is 0 Å². The van der Waals surface area contributed by atoms with Gasteiger partial charge in [-0.15, -0.1) is 0 Å². The van der Waals surface area contributed by atoms with Gasteiger partial charge < -0.3 is 0 Å². The van der Waals surface area contributed by atoms with Crippen LogP contribution < -0.4 is 4.99 Å². The van der Waals surface area contributed by atoms with Gasteiger partial charge in [0.05, 0.1) is 0 Å². The number of fused-ring (bicyclic) bond motifs is 1. The number of rotatable bonds is 1. The van der Waals surface area contributed by atoms with Crippen molar-refractivity contribution >= 4 is 17.5 Å². The fourth-order valence-electron chi connectivity index (χ4n) is 1.89. The van der Waals surface area contributed by atoms with E-state index in [4.69, 9.17) is 0 Å². The molecule has 1 heterocycles. The molecule has 0 amide bonds. The van der Waals surface area contributed by atoms with Crippen molar-refractivity contribution in [2.24, 2.45) is 0 Å². The summed E-state index contributed by atoms with van der Waals surface area (Å²) in [6.07, 6.45) is 8.62. The molecule has 15 heavy (non-hydrogen) atoms. The lowest BCUT2D eigenvalue weighted by molar-refractivity contribution is -0.475. The van der Waals surface area contributed by atoms with E-state index in [1.165, 1.54) is 11.3 Å². The lowest BCUT2D eigenvalue weighted by atomic mass is 10.1. The molecule has 1 nitrogen and oxygen atoms in total. The van der Waals surface area contributed by atoms with E-state index >= 15 is 0 Å². The van der Waals surface area contributed by atoms with E-state index in [0.717, 1.165) is 0 Å². The van der Waals surface area contributed by atoms with E-state index in [-0.39, 0.29) is 0 Å². The molecule has 74 valence electrons. The minimum absolute atomic E-state index is 0.401. The average molecular weight is 214 g/mol. The maximum atomic E-state index is 3.55. The van der Waals surface area contributed by atoms with E-state index in [9.17, 15) is 0 Å². The number of allylic oxidation sites excluding steroid dienone is 3. The Morgan fingerprint density at radius 2 is 1.93 bits per heavy atom. The first kappa shape index (κ1) is 8.98. The zero-order valence-corrected chi connectivity index (χ0v) is 9.08. The highest BCUT2D eigenvalue weighted by molar-refractivity contribution is 8.01. The Morgan fingerprint density at radius 1 is 1.07 bits per heavy atom. The van der Waals surface area contributed by atoms with Crippen LogP contribution in [0, 0.1) is 0 Å². The van der Waals surface area contributed by atoms with Crippen molar-refractivity contribution in [3.8, 4) is 0 Å². The second-order valence-corrected chi connectivity index (χ2v) is 4.94. The van der Waals surface area contributed by atoms with Gasteiger partial charge in [0.1, 0.15) is 5.25 Å². The van der Waals surface area contributed by atoms with Crippen LogP contribution in [-0.4, -0.2) is 11.0 Å². The molecule has 3 rings (SSSR count). The second kappa shape index (κ2) is 3.70. The Kier molecular flexibility index (Phi) is 2.22. The van der Waals surface area contributed by atoms with Gasteiger partial charge in [-0.2, -0.15) is 0 Å². The first-order chi connectivity index (χ1) is 7.43. The van der Waals surface area contributed by atoms with Gasteiger partial charge in [0.25, 0.3) is 0 Å². The van der Waals surface area contributed by atoms with Gasteiger partial charge in [-0.1, -0.05) is 60.3 Å². The van der Waals surface area contributed by atoms with Crippen LogP contribution in [0.2, 0.25) is 0 Å². The van der Waals surface area contributed by atoms with Crippen LogP contribution in [-0.2, 0) is 0 Å². The molecule has 2 heteroatoms. The van der Waals surface area contributed by atoms with Gasteiger partial charge in [0, 0.05) is 11.6 Å². The van der Waals surface area contributed by atoms with Gasteiger partial charge in [0.2, 0.25) is 5.37 Å². The number of nitrogens with one attached hydrogen (secondary N) is 1. The van der Waals surface area contributed by atoms with Crippen molar-refractivity contribution in [3.63, 3.8) is 0 Å². The van der Waals surface area contributed by atoms with Crippen LogP contribution in [0.15, 0.2) is 54.6 Å². The quantitative estimate of drug-likeness (QED) is 0.747. The van der Waals surface area contributed by atoms with Gasteiger partial charge in [-0.25, -0.2) is 4.99 Å². The van der Waals surface area contributed by atoms with Gasteiger partial charge >= 0.3 is 0 Å². The van der Waals surface area contributed by atoms with Gasteiger partial charge in [-0.05, 0) is 0 Å².